The topological polar surface area (TPSA) is 65.5 Å². The van der Waals surface area contributed by atoms with Crippen LogP contribution in [-0.4, -0.2) is 30.5 Å². The van der Waals surface area contributed by atoms with Crippen LogP contribution >= 0.6 is 0 Å². The van der Waals surface area contributed by atoms with E-state index in [0.29, 0.717) is 39.9 Å². The lowest BCUT2D eigenvalue weighted by Gasteiger charge is -2.13. The Morgan fingerprint density at radius 2 is 1.53 bits per heavy atom. The molecule has 0 aliphatic rings. The van der Waals surface area contributed by atoms with Crippen LogP contribution in [0.15, 0.2) is 66.7 Å². The van der Waals surface area contributed by atoms with E-state index in [0.717, 1.165) is 5.39 Å². The summed E-state index contributed by atoms with van der Waals surface area (Å²) in [5, 5.41) is 3.91. The summed E-state index contributed by atoms with van der Waals surface area (Å²) in [7, 11) is 3.10. The van der Waals surface area contributed by atoms with Gasteiger partial charge in [0.1, 0.15) is 11.6 Å². The number of hydrogen-bond acceptors (Lipinski definition) is 6. The van der Waals surface area contributed by atoms with Crippen molar-refractivity contribution in [2.45, 2.75) is 6.36 Å². The first kappa shape index (κ1) is 21.2. The number of halogens is 3. The number of para-hydroxylation sites is 1. The molecule has 0 amide bonds. The van der Waals surface area contributed by atoms with E-state index in [1.165, 1.54) is 24.3 Å². The highest BCUT2D eigenvalue weighted by molar-refractivity contribution is 5.92. The Balaban J connectivity index is 1.72. The predicted molar refractivity (Wildman–Crippen MR) is 114 cm³/mol. The molecule has 1 N–H and O–H groups in total. The van der Waals surface area contributed by atoms with Gasteiger partial charge >= 0.3 is 6.36 Å². The Morgan fingerprint density at radius 1 is 0.812 bits per heavy atom. The molecule has 0 aliphatic heterocycles. The van der Waals surface area contributed by atoms with Gasteiger partial charge < -0.3 is 19.5 Å². The van der Waals surface area contributed by atoms with Gasteiger partial charge in [0.2, 0.25) is 0 Å². The number of aromatic nitrogens is 2. The Kier molecular flexibility index (Phi) is 5.72. The van der Waals surface area contributed by atoms with Crippen molar-refractivity contribution in [2.24, 2.45) is 0 Å². The number of ether oxygens (including phenoxy) is 3. The molecule has 0 atom stereocenters. The van der Waals surface area contributed by atoms with E-state index >= 15 is 0 Å². The maximum atomic E-state index is 12.4. The van der Waals surface area contributed by atoms with Gasteiger partial charge in [0.25, 0.3) is 0 Å². The highest BCUT2D eigenvalue weighted by Crippen LogP contribution is 2.33. The van der Waals surface area contributed by atoms with Crippen LogP contribution in [0.5, 0.6) is 17.2 Å². The minimum atomic E-state index is -4.74. The van der Waals surface area contributed by atoms with Crippen molar-refractivity contribution < 1.29 is 27.4 Å². The van der Waals surface area contributed by atoms with Crippen molar-refractivity contribution in [1.29, 1.82) is 0 Å². The van der Waals surface area contributed by atoms with Crippen molar-refractivity contribution in [2.75, 3.05) is 19.5 Å². The fourth-order valence-corrected chi connectivity index (χ4v) is 3.15. The van der Waals surface area contributed by atoms with Crippen molar-refractivity contribution in [3.8, 4) is 28.6 Å². The number of anilines is 2. The Labute approximate surface area is 181 Å². The minimum Gasteiger partial charge on any atom is -0.493 e. The molecule has 0 aliphatic carbocycles. The zero-order valence-corrected chi connectivity index (χ0v) is 17.1. The van der Waals surface area contributed by atoms with E-state index in [1.807, 2.05) is 30.3 Å². The lowest BCUT2D eigenvalue weighted by molar-refractivity contribution is -0.274. The number of methoxy groups -OCH3 is 2. The highest BCUT2D eigenvalue weighted by Gasteiger charge is 2.31. The molecule has 4 aromatic rings. The molecule has 0 saturated carbocycles. The Bertz CT molecular complexity index is 1240. The van der Waals surface area contributed by atoms with Gasteiger partial charge in [0.15, 0.2) is 17.3 Å². The van der Waals surface area contributed by atoms with Gasteiger partial charge in [-0.1, -0.05) is 12.1 Å². The summed E-state index contributed by atoms with van der Waals surface area (Å²) in [5.41, 5.74) is 1.96. The summed E-state index contributed by atoms with van der Waals surface area (Å²) in [6.07, 6.45) is -4.74. The highest BCUT2D eigenvalue weighted by atomic mass is 19.4. The molecular weight excluding hydrogens is 423 g/mol. The summed E-state index contributed by atoms with van der Waals surface area (Å²) in [4.78, 5) is 9.29. The third kappa shape index (κ3) is 4.66. The lowest BCUT2D eigenvalue weighted by Crippen LogP contribution is -2.16. The number of fused-ring (bicyclic) bond motifs is 1. The smallest absolute Gasteiger partial charge is 0.493 e. The molecular formula is C23H18F3N3O3. The fourth-order valence-electron chi connectivity index (χ4n) is 3.15. The van der Waals surface area contributed by atoms with Crippen LogP contribution in [0.2, 0.25) is 0 Å². The number of benzene rings is 3. The molecule has 0 unspecified atom stereocenters. The second kappa shape index (κ2) is 8.62. The van der Waals surface area contributed by atoms with Gasteiger partial charge in [-0.05, 0) is 54.6 Å². The lowest BCUT2D eigenvalue weighted by atomic mass is 10.1. The quantitative estimate of drug-likeness (QED) is 0.399. The molecule has 32 heavy (non-hydrogen) atoms. The average molecular weight is 441 g/mol. The average Bonchev–Trinajstić information content (AvgIpc) is 2.78. The maximum absolute atomic E-state index is 12.4. The van der Waals surface area contributed by atoms with Crippen LogP contribution in [0.4, 0.5) is 24.7 Å². The molecule has 0 fully saturated rings. The minimum absolute atomic E-state index is 0.304. The number of nitrogens with one attached hydrogen (secondary N) is 1. The molecule has 0 spiro atoms. The second-order valence-corrected chi connectivity index (χ2v) is 6.68. The number of hydrogen-bond donors (Lipinski definition) is 1. The molecule has 164 valence electrons. The zero-order chi connectivity index (χ0) is 22.7. The first-order valence-corrected chi connectivity index (χ1v) is 9.48. The normalized spacial score (nSPS) is 11.3. The summed E-state index contributed by atoms with van der Waals surface area (Å²) in [6, 6.07) is 18.2. The van der Waals surface area contributed by atoms with Crippen LogP contribution in [-0.2, 0) is 0 Å². The van der Waals surface area contributed by atoms with Gasteiger partial charge in [-0.25, -0.2) is 9.97 Å². The second-order valence-electron chi connectivity index (χ2n) is 6.68. The van der Waals surface area contributed by atoms with Crippen LogP contribution < -0.4 is 19.5 Å². The van der Waals surface area contributed by atoms with E-state index in [-0.39, 0.29) is 5.75 Å². The molecule has 1 heterocycles. The monoisotopic (exact) mass is 441 g/mol. The van der Waals surface area contributed by atoms with Crippen molar-refractivity contribution in [1.82, 2.24) is 9.97 Å². The summed E-state index contributed by atoms with van der Waals surface area (Å²) in [6.45, 7) is 0. The molecule has 1 aromatic heterocycles. The Hall–Kier alpha value is -4.01. The number of nitrogens with zero attached hydrogens (tertiary/aromatic N) is 2. The van der Waals surface area contributed by atoms with E-state index < -0.39 is 6.36 Å². The maximum Gasteiger partial charge on any atom is 0.573 e. The fraction of sp³-hybridized carbons (Fsp3) is 0.130. The largest absolute Gasteiger partial charge is 0.573 e. The van der Waals surface area contributed by atoms with E-state index in [9.17, 15) is 13.2 Å². The molecule has 9 heteroatoms. The van der Waals surface area contributed by atoms with E-state index in [1.54, 1.807) is 26.4 Å². The molecule has 0 bridgehead atoms. The van der Waals surface area contributed by atoms with Crippen LogP contribution in [0.3, 0.4) is 0 Å². The number of alkyl halides is 3. The molecule has 6 nitrogen and oxygen atoms in total. The first-order chi connectivity index (χ1) is 15.4. The molecule has 3 aromatic carbocycles. The standard InChI is InChI=1S/C23H18F3N3O3/c1-30-19-12-7-14(13-20(19)31-2)21-28-18-6-4-3-5-17(18)22(29-21)27-15-8-10-16(11-9-15)32-23(24,25)26/h3-13H,1-2H3,(H,27,28,29). The summed E-state index contributed by atoms with van der Waals surface area (Å²) in [5.74, 6) is 1.77. The van der Waals surface area contributed by atoms with Crippen LogP contribution in [0, 0.1) is 0 Å². The summed E-state index contributed by atoms with van der Waals surface area (Å²) >= 11 is 0. The third-order valence-electron chi connectivity index (χ3n) is 4.60. The molecule has 0 saturated heterocycles. The van der Waals surface area contributed by atoms with Gasteiger partial charge in [-0.2, -0.15) is 0 Å². The molecule has 0 radical (unpaired) electrons. The van der Waals surface area contributed by atoms with Gasteiger partial charge in [0.05, 0.1) is 19.7 Å². The third-order valence-corrected chi connectivity index (χ3v) is 4.60. The first-order valence-electron chi connectivity index (χ1n) is 9.48. The van der Waals surface area contributed by atoms with E-state index in [2.05, 4.69) is 20.0 Å². The van der Waals surface area contributed by atoms with Crippen molar-refractivity contribution in [3.05, 3.63) is 66.7 Å². The van der Waals surface area contributed by atoms with Crippen LogP contribution in [0.25, 0.3) is 22.3 Å². The summed E-state index contributed by atoms with van der Waals surface area (Å²) < 4.78 is 51.8. The van der Waals surface area contributed by atoms with Crippen LogP contribution in [0.1, 0.15) is 0 Å². The van der Waals surface area contributed by atoms with Gasteiger partial charge in [0, 0.05) is 16.6 Å². The van der Waals surface area contributed by atoms with Gasteiger partial charge in [-0.15, -0.1) is 13.2 Å². The Morgan fingerprint density at radius 3 is 2.22 bits per heavy atom. The van der Waals surface area contributed by atoms with Crippen molar-refractivity contribution >= 4 is 22.4 Å². The van der Waals surface area contributed by atoms with Gasteiger partial charge in [-0.3, -0.25) is 0 Å². The van der Waals surface area contributed by atoms with E-state index in [4.69, 9.17) is 9.47 Å². The molecule has 4 rings (SSSR count). The SMILES string of the molecule is COc1ccc(-c2nc(Nc3ccc(OC(F)(F)F)cc3)c3ccccc3n2)cc1OC. The number of rotatable bonds is 6. The van der Waals surface area contributed by atoms with Crippen molar-refractivity contribution in [3.63, 3.8) is 0 Å². The predicted octanol–water partition coefficient (Wildman–Crippen LogP) is 5.96. The zero-order valence-electron chi connectivity index (χ0n) is 17.1.